The highest BCUT2D eigenvalue weighted by molar-refractivity contribution is 5.83. The molecule has 0 bridgehead atoms. The van der Waals surface area contributed by atoms with Gasteiger partial charge in [-0.2, -0.15) is 9.90 Å². The van der Waals surface area contributed by atoms with Crippen LogP contribution in [0.5, 0.6) is 0 Å². The minimum absolute atomic E-state index is 0.00870. The van der Waals surface area contributed by atoms with Gasteiger partial charge >= 0.3 is 0 Å². The van der Waals surface area contributed by atoms with Gasteiger partial charge in [-0.1, -0.05) is 6.07 Å². The summed E-state index contributed by atoms with van der Waals surface area (Å²) in [6.45, 7) is 0. The second kappa shape index (κ2) is 2.51. The molecule has 66 valence electrons. The molecule has 0 atom stereocenters. The smallest absolute Gasteiger partial charge is 0.258 e. The van der Waals surface area contributed by atoms with E-state index in [2.05, 4.69) is 10.2 Å². The third-order valence-corrected chi connectivity index (χ3v) is 1.69. The predicted molar refractivity (Wildman–Crippen MR) is 45.2 cm³/mol. The Morgan fingerprint density at radius 1 is 1.46 bits per heavy atom. The van der Waals surface area contributed by atoms with E-state index in [1.54, 1.807) is 19.2 Å². The Hall–Kier alpha value is -1.98. The first-order chi connectivity index (χ1) is 6.18. The quantitative estimate of drug-likeness (QED) is 0.479. The van der Waals surface area contributed by atoms with Crippen LogP contribution < -0.4 is 0 Å². The number of fused-ring (bicyclic) bond motifs is 1. The van der Waals surface area contributed by atoms with Gasteiger partial charge < -0.3 is 0 Å². The fourth-order valence-corrected chi connectivity index (χ4v) is 1.17. The number of nitro benzene ring substituents is 1. The summed E-state index contributed by atoms with van der Waals surface area (Å²) in [4.78, 5) is 11.4. The molecule has 0 amide bonds. The van der Waals surface area contributed by atoms with Gasteiger partial charge in [-0.15, -0.1) is 5.10 Å². The molecule has 0 saturated heterocycles. The first kappa shape index (κ1) is 7.66. The molecule has 0 aliphatic carbocycles. The van der Waals surface area contributed by atoms with E-state index in [0.717, 1.165) is 0 Å². The van der Waals surface area contributed by atoms with Gasteiger partial charge in [-0.25, -0.2) is 0 Å². The van der Waals surface area contributed by atoms with E-state index in [0.29, 0.717) is 11.0 Å². The van der Waals surface area contributed by atoms with Crippen molar-refractivity contribution in [3.63, 3.8) is 0 Å². The first-order valence-electron chi connectivity index (χ1n) is 3.63. The number of non-ortho nitro benzene ring substituents is 1. The first-order valence-corrected chi connectivity index (χ1v) is 3.63. The normalized spacial score (nSPS) is 10.5. The Morgan fingerprint density at radius 3 is 2.92 bits per heavy atom. The van der Waals surface area contributed by atoms with Gasteiger partial charge in [0.05, 0.1) is 4.92 Å². The van der Waals surface area contributed by atoms with E-state index >= 15 is 0 Å². The fraction of sp³-hybridized carbons (Fsp3) is 0.143. The van der Waals surface area contributed by atoms with Crippen LogP contribution in [0.4, 0.5) is 5.69 Å². The van der Waals surface area contributed by atoms with Crippen molar-refractivity contribution in [3.8, 4) is 0 Å². The molecule has 1 aromatic heterocycles. The summed E-state index contributed by atoms with van der Waals surface area (Å²) < 4.78 is 0. The van der Waals surface area contributed by atoms with E-state index in [-0.39, 0.29) is 5.69 Å². The number of benzene rings is 1. The van der Waals surface area contributed by atoms with E-state index in [9.17, 15) is 10.1 Å². The van der Waals surface area contributed by atoms with Gasteiger partial charge in [0.15, 0.2) is 5.52 Å². The van der Waals surface area contributed by atoms with Crippen LogP contribution >= 0.6 is 0 Å². The SMILES string of the molecule is Cn1nc2cccc([N+](=O)[O-])c2n1. The van der Waals surface area contributed by atoms with Gasteiger partial charge in [0.1, 0.15) is 5.52 Å². The Bertz CT molecular complexity index is 476. The minimum Gasteiger partial charge on any atom is -0.258 e. The van der Waals surface area contributed by atoms with Crippen LogP contribution in [-0.4, -0.2) is 19.9 Å². The molecule has 0 unspecified atom stereocenters. The van der Waals surface area contributed by atoms with E-state index in [1.807, 2.05) is 0 Å². The lowest BCUT2D eigenvalue weighted by molar-refractivity contribution is -0.383. The summed E-state index contributed by atoms with van der Waals surface area (Å²) in [5.74, 6) is 0. The van der Waals surface area contributed by atoms with Crippen LogP contribution in [0.1, 0.15) is 0 Å². The zero-order valence-corrected chi connectivity index (χ0v) is 6.84. The maximum Gasteiger partial charge on any atom is 0.299 e. The average Bonchev–Trinajstić information content (AvgIpc) is 2.43. The second-order valence-corrected chi connectivity index (χ2v) is 2.59. The number of nitro groups is 1. The molecular formula is C7H6N4O2. The number of rotatable bonds is 1. The Kier molecular flexibility index (Phi) is 1.48. The van der Waals surface area contributed by atoms with Gasteiger partial charge in [-0.3, -0.25) is 10.1 Å². The fourth-order valence-electron chi connectivity index (χ4n) is 1.17. The highest BCUT2D eigenvalue weighted by Gasteiger charge is 2.14. The van der Waals surface area contributed by atoms with Crippen molar-refractivity contribution in [3.05, 3.63) is 28.3 Å². The molecule has 0 N–H and O–H groups in total. The molecule has 0 spiro atoms. The zero-order valence-electron chi connectivity index (χ0n) is 6.84. The van der Waals surface area contributed by atoms with Crippen molar-refractivity contribution in [1.82, 2.24) is 15.0 Å². The second-order valence-electron chi connectivity index (χ2n) is 2.59. The van der Waals surface area contributed by atoms with Gasteiger partial charge in [0.25, 0.3) is 5.69 Å². The van der Waals surface area contributed by atoms with Crippen LogP contribution in [0, 0.1) is 10.1 Å². The third-order valence-electron chi connectivity index (χ3n) is 1.69. The number of hydrogen-bond donors (Lipinski definition) is 0. The summed E-state index contributed by atoms with van der Waals surface area (Å²) in [5, 5.41) is 18.4. The maximum atomic E-state index is 10.6. The molecule has 0 radical (unpaired) electrons. The van der Waals surface area contributed by atoms with E-state index in [4.69, 9.17) is 0 Å². The van der Waals surface area contributed by atoms with Gasteiger partial charge in [0, 0.05) is 13.1 Å². The minimum atomic E-state index is -0.461. The van der Waals surface area contributed by atoms with Crippen molar-refractivity contribution in [2.45, 2.75) is 0 Å². The molecule has 0 aliphatic heterocycles. The van der Waals surface area contributed by atoms with Crippen molar-refractivity contribution < 1.29 is 4.92 Å². The third kappa shape index (κ3) is 1.12. The van der Waals surface area contributed by atoms with E-state index in [1.165, 1.54) is 10.9 Å². The standard InChI is InChI=1S/C7H6N4O2/c1-10-8-5-3-2-4-6(11(12)13)7(5)9-10/h2-4H,1H3. The zero-order chi connectivity index (χ0) is 9.42. The summed E-state index contributed by atoms with van der Waals surface area (Å²) in [6.07, 6.45) is 0. The van der Waals surface area contributed by atoms with Crippen LogP contribution in [-0.2, 0) is 7.05 Å². The molecular weight excluding hydrogens is 172 g/mol. The van der Waals surface area contributed by atoms with Crippen LogP contribution in [0.3, 0.4) is 0 Å². The Morgan fingerprint density at radius 2 is 2.23 bits per heavy atom. The van der Waals surface area contributed by atoms with Crippen LogP contribution in [0.2, 0.25) is 0 Å². The van der Waals surface area contributed by atoms with Crippen molar-refractivity contribution in [1.29, 1.82) is 0 Å². The summed E-state index contributed by atoms with van der Waals surface area (Å²) in [6, 6.07) is 4.70. The van der Waals surface area contributed by atoms with Crippen molar-refractivity contribution >= 4 is 16.7 Å². The van der Waals surface area contributed by atoms with Crippen LogP contribution in [0.15, 0.2) is 18.2 Å². The van der Waals surface area contributed by atoms with Gasteiger partial charge in [-0.05, 0) is 6.07 Å². The lowest BCUT2D eigenvalue weighted by Gasteiger charge is -1.88. The molecule has 6 nitrogen and oxygen atoms in total. The molecule has 0 saturated carbocycles. The number of hydrogen-bond acceptors (Lipinski definition) is 4. The highest BCUT2D eigenvalue weighted by atomic mass is 16.6. The molecule has 2 aromatic rings. The topological polar surface area (TPSA) is 73.8 Å². The molecule has 1 aromatic carbocycles. The van der Waals surface area contributed by atoms with Crippen LogP contribution in [0.25, 0.3) is 11.0 Å². The number of aromatic nitrogens is 3. The summed E-state index contributed by atoms with van der Waals surface area (Å²) in [7, 11) is 1.63. The molecule has 2 rings (SSSR count). The number of nitrogens with zero attached hydrogens (tertiary/aromatic N) is 4. The van der Waals surface area contributed by atoms with E-state index < -0.39 is 4.92 Å². The molecule has 0 fully saturated rings. The monoisotopic (exact) mass is 178 g/mol. The van der Waals surface area contributed by atoms with Gasteiger partial charge in [0.2, 0.25) is 0 Å². The Balaban J connectivity index is 2.82. The summed E-state index contributed by atoms with van der Waals surface area (Å²) in [5.41, 5.74) is 0.859. The molecule has 13 heavy (non-hydrogen) atoms. The molecule has 1 heterocycles. The summed E-state index contributed by atoms with van der Waals surface area (Å²) >= 11 is 0. The largest absolute Gasteiger partial charge is 0.299 e. The Labute approximate surface area is 72.9 Å². The molecule has 6 heteroatoms. The number of aryl methyl sites for hydroxylation is 1. The lowest BCUT2D eigenvalue weighted by atomic mass is 10.3. The van der Waals surface area contributed by atoms with Crippen molar-refractivity contribution in [2.75, 3.05) is 0 Å². The predicted octanol–water partition coefficient (Wildman–Crippen LogP) is 0.876. The maximum absolute atomic E-state index is 10.6. The highest BCUT2D eigenvalue weighted by Crippen LogP contribution is 2.20. The van der Waals surface area contributed by atoms with Crippen molar-refractivity contribution in [2.24, 2.45) is 7.05 Å². The average molecular weight is 178 g/mol. The molecule has 0 aliphatic rings. The lowest BCUT2D eigenvalue weighted by Crippen LogP contribution is -1.92.